The third-order valence-corrected chi connectivity index (χ3v) is 5.45. The Labute approximate surface area is 158 Å². The van der Waals surface area contributed by atoms with Gasteiger partial charge < -0.3 is 9.40 Å². The zero-order valence-electron chi connectivity index (χ0n) is 14.9. The number of nitrogens with zero attached hydrogens (tertiary/aromatic N) is 5. The highest BCUT2D eigenvalue weighted by molar-refractivity contribution is 5.77. The normalized spacial score (nSPS) is 16.6. The standard InChI is InChI=1S/C20H16N6O2/c27-20-23-14-10-21-19(25-11-22-13-4-1-2-5-16(13)25)24-18(14)26(20)15-6-3-7-17-12(15)8-9-28-17/h1-2,4-5,8-11,15H,3,6-7H2,(H,23,27). The minimum absolute atomic E-state index is 0.0916. The molecule has 0 spiro atoms. The number of aromatic nitrogens is 6. The summed E-state index contributed by atoms with van der Waals surface area (Å²) in [6.07, 6.45) is 7.79. The van der Waals surface area contributed by atoms with Crippen molar-refractivity contribution in [3.63, 3.8) is 0 Å². The van der Waals surface area contributed by atoms with Crippen LogP contribution in [0.1, 0.15) is 30.2 Å². The van der Waals surface area contributed by atoms with Crippen LogP contribution in [-0.2, 0) is 6.42 Å². The second-order valence-electron chi connectivity index (χ2n) is 7.02. The first-order valence-corrected chi connectivity index (χ1v) is 9.25. The number of aromatic amines is 1. The number of para-hydroxylation sites is 2. The Balaban J connectivity index is 1.57. The lowest BCUT2D eigenvalue weighted by atomic mass is 9.93. The zero-order chi connectivity index (χ0) is 18.7. The maximum absolute atomic E-state index is 12.8. The van der Waals surface area contributed by atoms with Crippen LogP contribution in [0.15, 0.2) is 58.3 Å². The maximum atomic E-state index is 12.8. The van der Waals surface area contributed by atoms with Crippen LogP contribution in [0.2, 0.25) is 0 Å². The van der Waals surface area contributed by atoms with E-state index < -0.39 is 0 Å². The molecule has 1 unspecified atom stereocenters. The lowest BCUT2D eigenvalue weighted by Crippen LogP contribution is -2.26. The van der Waals surface area contributed by atoms with Gasteiger partial charge in [-0.1, -0.05) is 12.1 Å². The van der Waals surface area contributed by atoms with Gasteiger partial charge in [-0.15, -0.1) is 0 Å². The molecule has 5 aromatic rings. The molecule has 0 saturated carbocycles. The van der Waals surface area contributed by atoms with E-state index in [-0.39, 0.29) is 11.7 Å². The minimum Gasteiger partial charge on any atom is -0.469 e. The molecule has 8 heteroatoms. The van der Waals surface area contributed by atoms with Crippen LogP contribution in [-0.4, -0.2) is 29.1 Å². The molecule has 1 aliphatic carbocycles. The van der Waals surface area contributed by atoms with Crippen LogP contribution in [0.4, 0.5) is 0 Å². The summed E-state index contributed by atoms with van der Waals surface area (Å²) in [5, 5.41) is 0. The quantitative estimate of drug-likeness (QED) is 0.514. The number of imidazole rings is 2. The molecular formula is C20H16N6O2. The first kappa shape index (κ1) is 15.4. The van der Waals surface area contributed by atoms with Gasteiger partial charge in [0.1, 0.15) is 17.6 Å². The third-order valence-electron chi connectivity index (χ3n) is 5.45. The average Bonchev–Trinajstić information content (AvgIpc) is 3.43. The van der Waals surface area contributed by atoms with Gasteiger partial charge in [0.2, 0.25) is 5.95 Å². The van der Waals surface area contributed by atoms with Crippen molar-refractivity contribution in [3.8, 4) is 5.95 Å². The summed E-state index contributed by atoms with van der Waals surface area (Å²) in [5.74, 6) is 1.43. The molecule has 1 N–H and O–H groups in total. The molecule has 0 aliphatic heterocycles. The van der Waals surface area contributed by atoms with Gasteiger partial charge in [-0.3, -0.25) is 9.13 Å². The SMILES string of the molecule is O=c1[nH]c2cnc(-n3cnc4ccccc43)nc2n1C1CCCc2occc21. The minimum atomic E-state index is -0.184. The van der Waals surface area contributed by atoms with Crippen molar-refractivity contribution in [2.45, 2.75) is 25.3 Å². The summed E-state index contributed by atoms with van der Waals surface area (Å²) < 4.78 is 9.16. The van der Waals surface area contributed by atoms with E-state index in [9.17, 15) is 4.79 Å². The number of aryl methyl sites for hydroxylation is 1. The molecule has 4 aromatic heterocycles. The molecule has 0 bridgehead atoms. The average molecular weight is 372 g/mol. The molecule has 0 fully saturated rings. The highest BCUT2D eigenvalue weighted by Gasteiger charge is 2.27. The van der Waals surface area contributed by atoms with Crippen molar-refractivity contribution < 1.29 is 4.42 Å². The number of fused-ring (bicyclic) bond motifs is 3. The van der Waals surface area contributed by atoms with Crippen LogP contribution in [0, 0.1) is 0 Å². The number of hydrogen-bond donors (Lipinski definition) is 1. The van der Waals surface area contributed by atoms with Gasteiger partial charge in [-0.05, 0) is 31.0 Å². The topological polar surface area (TPSA) is 94.5 Å². The van der Waals surface area contributed by atoms with Crippen LogP contribution in [0.25, 0.3) is 28.1 Å². The Kier molecular flexibility index (Phi) is 3.11. The second-order valence-corrected chi connectivity index (χ2v) is 7.02. The fourth-order valence-corrected chi connectivity index (χ4v) is 4.16. The predicted molar refractivity (Wildman–Crippen MR) is 103 cm³/mol. The molecule has 0 radical (unpaired) electrons. The summed E-state index contributed by atoms with van der Waals surface area (Å²) in [5.41, 5.74) is 3.87. The van der Waals surface area contributed by atoms with Gasteiger partial charge >= 0.3 is 5.69 Å². The molecule has 1 atom stereocenters. The van der Waals surface area contributed by atoms with Gasteiger partial charge in [-0.25, -0.2) is 14.8 Å². The molecule has 28 heavy (non-hydrogen) atoms. The molecule has 0 saturated heterocycles. The Morgan fingerprint density at radius 2 is 2.11 bits per heavy atom. The van der Waals surface area contributed by atoms with E-state index in [1.807, 2.05) is 34.9 Å². The van der Waals surface area contributed by atoms with E-state index in [1.54, 1.807) is 23.4 Å². The predicted octanol–water partition coefficient (Wildman–Crippen LogP) is 2.98. The number of hydrogen-bond acceptors (Lipinski definition) is 5. The van der Waals surface area contributed by atoms with Gasteiger partial charge in [0.15, 0.2) is 5.65 Å². The highest BCUT2D eigenvalue weighted by Crippen LogP contribution is 2.34. The Hall–Kier alpha value is -3.68. The number of furan rings is 1. The van der Waals surface area contributed by atoms with Crippen LogP contribution in [0.5, 0.6) is 0 Å². The zero-order valence-corrected chi connectivity index (χ0v) is 14.9. The fraction of sp³-hybridized carbons (Fsp3) is 0.200. The molecule has 138 valence electrons. The number of nitrogens with one attached hydrogen (secondary N) is 1. The number of benzene rings is 1. The lowest BCUT2D eigenvalue weighted by Gasteiger charge is -2.22. The number of rotatable bonds is 2. The molecule has 1 aromatic carbocycles. The second kappa shape index (κ2) is 5.66. The van der Waals surface area contributed by atoms with E-state index in [4.69, 9.17) is 9.40 Å². The Morgan fingerprint density at radius 3 is 3.07 bits per heavy atom. The molecule has 8 nitrogen and oxygen atoms in total. The van der Waals surface area contributed by atoms with Crippen LogP contribution >= 0.6 is 0 Å². The highest BCUT2D eigenvalue weighted by atomic mass is 16.3. The van der Waals surface area contributed by atoms with Crippen molar-refractivity contribution in [3.05, 3.63) is 70.9 Å². The van der Waals surface area contributed by atoms with Crippen molar-refractivity contribution in [2.24, 2.45) is 0 Å². The molecule has 6 rings (SSSR count). The van der Waals surface area contributed by atoms with Gasteiger partial charge in [0.05, 0.1) is 29.5 Å². The first-order valence-electron chi connectivity index (χ1n) is 9.25. The summed E-state index contributed by atoms with van der Waals surface area (Å²) in [6.45, 7) is 0. The first-order chi connectivity index (χ1) is 13.8. The largest absolute Gasteiger partial charge is 0.469 e. The van der Waals surface area contributed by atoms with E-state index in [1.165, 1.54) is 0 Å². The fourth-order valence-electron chi connectivity index (χ4n) is 4.16. The van der Waals surface area contributed by atoms with Gasteiger partial charge in [-0.2, -0.15) is 4.98 Å². The third kappa shape index (κ3) is 2.11. The number of H-pyrrole nitrogens is 1. The maximum Gasteiger partial charge on any atom is 0.328 e. The molecule has 4 heterocycles. The summed E-state index contributed by atoms with van der Waals surface area (Å²) in [6, 6.07) is 9.67. The lowest BCUT2D eigenvalue weighted by molar-refractivity contribution is 0.424. The monoisotopic (exact) mass is 372 g/mol. The summed E-state index contributed by atoms with van der Waals surface area (Å²) in [7, 11) is 0. The molecular weight excluding hydrogens is 356 g/mol. The van der Waals surface area contributed by atoms with Gasteiger partial charge in [0, 0.05) is 12.0 Å². The van der Waals surface area contributed by atoms with E-state index >= 15 is 0 Å². The Bertz CT molecular complexity index is 1390. The van der Waals surface area contributed by atoms with E-state index in [2.05, 4.69) is 15.0 Å². The van der Waals surface area contributed by atoms with Crippen molar-refractivity contribution in [2.75, 3.05) is 0 Å². The van der Waals surface area contributed by atoms with Crippen molar-refractivity contribution in [1.82, 2.24) is 29.1 Å². The van der Waals surface area contributed by atoms with Crippen molar-refractivity contribution in [1.29, 1.82) is 0 Å². The smallest absolute Gasteiger partial charge is 0.328 e. The van der Waals surface area contributed by atoms with E-state index in [0.29, 0.717) is 17.1 Å². The molecule has 1 aliphatic rings. The summed E-state index contributed by atoms with van der Waals surface area (Å²) >= 11 is 0. The van der Waals surface area contributed by atoms with Crippen LogP contribution < -0.4 is 5.69 Å². The van der Waals surface area contributed by atoms with Crippen LogP contribution in [0.3, 0.4) is 0 Å². The van der Waals surface area contributed by atoms with E-state index in [0.717, 1.165) is 41.6 Å². The Morgan fingerprint density at radius 1 is 1.18 bits per heavy atom. The van der Waals surface area contributed by atoms with Crippen molar-refractivity contribution >= 4 is 22.2 Å². The summed E-state index contributed by atoms with van der Waals surface area (Å²) in [4.78, 5) is 29.2. The molecule has 0 amide bonds. The van der Waals surface area contributed by atoms with Gasteiger partial charge in [0.25, 0.3) is 0 Å².